The van der Waals surface area contributed by atoms with Crippen molar-refractivity contribution in [2.24, 2.45) is 0 Å². The first kappa shape index (κ1) is 11.6. The average Bonchev–Trinajstić information content (AvgIpc) is 1.65. The van der Waals surface area contributed by atoms with E-state index in [4.69, 9.17) is 0 Å². The summed E-state index contributed by atoms with van der Waals surface area (Å²) in [5.74, 6) is -0.637. The van der Waals surface area contributed by atoms with Gasteiger partial charge in [0, 0.05) is 58.8 Å². The normalized spacial score (nSPS) is 7.25. The number of carbonyl (C=O) groups is 2. The van der Waals surface area contributed by atoms with Crippen LogP contribution in [-0.4, -0.2) is 57.0 Å². The van der Waals surface area contributed by atoms with E-state index in [9.17, 15) is 9.59 Å². The molecule has 0 aliphatic rings. The molecule has 0 N–H and O–H groups in total. The number of Topliss-reactive ketones (excluding diaryl/α,β-unsaturated/α-hetero) is 2. The minimum atomic E-state index is -0.345. The van der Waals surface area contributed by atoms with Crippen LogP contribution in [0, 0.1) is 0 Å². The van der Waals surface area contributed by atoms with Crippen LogP contribution in [0.3, 0.4) is 0 Å². The second-order valence-electron chi connectivity index (χ2n) is 1.33. The molecule has 3 heteroatoms. The number of hydrogen-bond acceptors (Lipinski definition) is 2. The quantitative estimate of drug-likeness (QED) is 0.457. The van der Waals surface area contributed by atoms with E-state index in [-0.39, 0.29) is 57.0 Å². The van der Waals surface area contributed by atoms with Crippen LogP contribution in [-0.2, 0) is 9.59 Å². The van der Waals surface area contributed by atoms with E-state index in [2.05, 4.69) is 0 Å². The summed E-state index contributed by atoms with van der Waals surface area (Å²) >= 11 is 0. The van der Waals surface area contributed by atoms with Crippen LogP contribution in [0.15, 0.2) is 0 Å². The van der Waals surface area contributed by atoms with Gasteiger partial charge in [0.25, 0.3) is 0 Å². The average molecular weight is 188 g/mol. The molecule has 0 bridgehead atoms. The van der Waals surface area contributed by atoms with Crippen molar-refractivity contribution in [2.75, 3.05) is 0 Å². The first-order valence-corrected chi connectivity index (χ1v) is 2.22. The van der Waals surface area contributed by atoms with Gasteiger partial charge in [-0.2, -0.15) is 0 Å². The molecule has 0 unspecified atom stereocenters. The van der Waals surface area contributed by atoms with Gasteiger partial charge < -0.3 is 0 Å². The molecule has 0 heterocycles. The molecule has 0 aromatic rings. The van der Waals surface area contributed by atoms with E-state index in [1.165, 1.54) is 6.92 Å². The first-order chi connectivity index (χ1) is 3.18. The van der Waals surface area contributed by atoms with Crippen LogP contribution in [0.4, 0.5) is 0 Å². The largest absolute Gasteiger partial charge is 0.291 e. The van der Waals surface area contributed by atoms with E-state index >= 15 is 0 Å². The summed E-state index contributed by atoms with van der Waals surface area (Å²) < 4.78 is 0. The van der Waals surface area contributed by atoms with Crippen LogP contribution < -0.4 is 0 Å². The second kappa shape index (κ2) is 5.95. The Kier molecular flexibility index (Phi) is 8.62. The van der Waals surface area contributed by atoms with Crippen molar-refractivity contribution in [1.82, 2.24) is 0 Å². The molecule has 0 saturated carbocycles. The maximum Gasteiger partial charge on any atom is 0.197 e. The van der Waals surface area contributed by atoms with Crippen molar-refractivity contribution in [3.05, 3.63) is 0 Å². The van der Waals surface area contributed by atoms with Gasteiger partial charge in [0.15, 0.2) is 11.6 Å². The Bertz CT molecular complexity index is 98.6. The Balaban J connectivity index is 0. The van der Waals surface area contributed by atoms with Gasteiger partial charge in [-0.15, -0.1) is 0 Å². The molecule has 0 fully saturated rings. The van der Waals surface area contributed by atoms with Gasteiger partial charge in [0.2, 0.25) is 0 Å². The minimum absolute atomic E-state index is 0. The molecule has 2 radical (unpaired) electrons. The molecule has 2 nitrogen and oxygen atoms in total. The van der Waals surface area contributed by atoms with E-state index in [0.717, 1.165) is 0 Å². The Hall–Kier alpha value is 0.821. The third kappa shape index (κ3) is 4.97. The zero-order chi connectivity index (χ0) is 5.86. The molecule has 0 aromatic carbocycles. The molecule has 0 saturated heterocycles. The van der Waals surface area contributed by atoms with Crippen LogP contribution in [0.5, 0.6) is 0 Å². The van der Waals surface area contributed by atoms with Gasteiger partial charge in [-0.3, -0.25) is 9.59 Å². The molecule has 0 atom stereocenters. The van der Waals surface area contributed by atoms with Gasteiger partial charge in [-0.25, -0.2) is 0 Å². The predicted molar refractivity (Wildman–Crippen MR) is 31.7 cm³/mol. The maximum absolute atomic E-state index is 10.2. The van der Waals surface area contributed by atoms with Gasteiger partial charge in [0.05, 0.1) is 0 Å². The smallest absolute Gasteiger partial charge is 0.197 e. The Morgan fingerprint density at radius 3 is 1.75 bits per heavy atom. The number of ketones is 2. The fourth-order valence-corrected chi connectivity index (χ4v) is 0.249. The summed E-state index contributed by atoms with van der Waals surface area (Å²) in [7, 11) is 0. The Labute approximate surface area is 85.9 Å². The van der Waals surface area contributed by atoms with Gasteiger partial charge in [-0.1, -0.05) is 6.92 Å². The number of rotatable bonds is 2. The molecule has 0 spiro atoms. The Morgan fingerprint density at radius 1 is 1.38 bits per heavy atom. The predicted octanol–water partition coefficient (Wildman–Crippen LogP) is 0.174. The molecule has 8 heavy (non-hydrogen) atoms. The molecule has 0 amide bonds. The van der Waals surface area contributed by atoms with E-state index < -0.39 is 0 Å². The fraction of sp³-hybridized carbons (Fsp3) is 0.600. The monoisotopic (exact) mass is 188 g/mol. The molecule has 42 valence electrons. The summed E-state index contributed by atoms with van der Waals surface area (Å²) in [5.41, 5.74) is 0. The Morgan fingerprint density at radius 2 is 1.75 bits per heavy atom. The first-order valence-electron chi connectivity index (χ1n) is 2.22. The molecule has 0 aliphatic carbocycles. The molecular weight excluding hydrogens is 180 g/mol. The standard InChI is InChI=1S/C5H8O2.Sr/c1-3-5(7)4(2)6;/h3H2,1-2H3;. The van der Waals surface area contributed by atoms with Crippen LogP contribution in [0.1, 0.15) is 20.3 Å². The maximum atomic E-state index is 10.2. The van der Waals surface area contributed by atoms with Gasteiger partial charge in [-0.05, 0) is 0 Å². The number of carbonyl (C=O) groups excluding carboxylic acids is 2. The summed E-state index contributed by atoms with van der Waals surface area (Å²) in [6.45, 7) is 2.95. The topological polar surface area (TPSA) is 34.1 Å². The summed E-state index contributed by atoms with van der Waals surface area (Å²) in [6.07, 6.45) is 0.329. The molecule has 0 aliphatic heterocycles. The van der Waals surface area contributed by atoms with Crippen molar-refractivity contribution in [1.29, 1.82) is 0 Å². The minimum Gasteiger partial charge on any atom is -0.291 e. The fourth-order valence-electron chi connectivity index (χ4n) is 0.249. The van der Waals surface area contributed by atoms with E-state index in [0.29, 0.717) is 6.42 Å². The van der Waals surface area contributed by atoms with Crippen LogP contribution in [0.25, 0.3) is 0 Å². The SMILES string of the molecule is CCC(=O)C(C)=O.[Sr]. The van der Waals surface area contributed by atoms with Crippen molar-refractivity contribution < 1.29 is 9.59 Å². The van der Waals surface area contributed by atoms with Gasteiger partial charge in [0.1, 0.15) is 0 Å². The van der Waals surface area contributed by atoms with Crippen molar-refractivity contribution in [3.63, 3.8) is 0 Å². The third-order valence-electron chi connectivity index (χ3n) is 0.714. The summed E-state index contributed by atoms with van der Waals surface area (Å²) in [6, 6.07) is 0. The number of hydrogen-bond donors (Lipinski definition) is 0. The molecule has 0 rings (SSSR count). The van der Waals surface area contributed by atoms with E-state index in [1.807, 2.05) is 0 Å². The van der Waals surface area contributed by atoms with E-state index in [1.54, 1.807) is 6.92 Å². The zero-order valence-electron chi connectivity index (χ0n) is 5.23. The molecular formula is C5H8O2Sr. The van der Waals surface area contributed by atoms with Crippen molar-refractivity contribution in [3.8, 4) is 0 Å². The third-order valence-corrected chi connectivity index (χ3v) is 0.714. The zero-order valence-corrected chi connectivity index (χ0v) is 8.71. The molecule has 0 aromatic heterocycles. The van der Waals surface area contributed by atoms with Crippen molar-refractivity contribution in [2.45, 2.75) is 20.3 Å². The van der Waals surface area contributed by atoms with Crippen LogP contribution in [0.2, 0.25) is 0 Å². The van der Waals surface area contributed by atoms with Gasteiger partial charge >= 0.3 is 0 Å². The van der Waals surface area contributed by atoms with Crippen LogP contribution >= 0.6 is 0 Å². The van der Waals surface area contributed by atoms with Crippen molar-refractivity contribution >= 4 is 57.0 Å². The summed E-state index contributed by atoms with van der Waals surface area (Å²) in [4.78, 5) is 20.2. The summed E-state index contributed by atoms with van der Waals surface area (Å²) in [5, 5.41) is 0. The second-order valence-corrected chi connectivity index (χ2v) is 1.33.